The van der Waals surface area contributed by atoms with Crippen molar-refractivity contribution in [2.24, 2.45) is 11.7 Å². The number of nitrogens with two attached hydrogens (primary N) is 1. The Morgan fingerprint density at radius 2 is 2.15 bits per heavy atom. The van der Waals surface area contributed by atoms with Crippen LogP contribution in [-0.2, 0) is 11.2 Å². The van der Waals surface area contributed by atoms with Gasteiger partial charge in [-0.2, -0.15) is 5.10 Å². The molecule has 1 heterocycles. The summed E-state index contributed by atoms with van der Waals surface area (Å²) in [6.45, 7) is 6.67. The maximum absolute atomic E-state index is 11.9. The van der Waals surface area contributed by atoms with Gasteiger partial charge in [0.15, 0.2) is 0 Å². The normalized spacial score (nSPS) is 13.1. The quantitative estimate of drug-likeness (QED) is 0.707. The second kappa shape index (κ2) is 9.96. The molecule has 0 bridgehead atoms. The first-order chi connectivity index (χ1) is 8.45. The van der Waals surface area contributed by atoms with Gasteiger partial charge in [-0.25, -0.2) is 4.98 Å². The highest BCUT2D eigenvalue weighted by Crippen LogP contribution is 2.15. The molecule has 0 aliphatic rings. The summed E-state index contributed by atoms with van der Waals surface area (Å²) in [5, 5.41) is 9.49. The van der Waals surface area contributed by atoms with E-state index in [2.05, 4.69) is 34.3 Å². The average Bonchev–Trinajstić information content (AvgIpc) is 2.78. The lowest BCUT2D eigenvalue weighted by Gasteiger charge is -2.31. The summed E-state index contributed by atoms with van der Waals surface area (Å²) in [5.41, 5.74) is 5.42. The Morgan fingerprint density at radius 1 is 1.50 bits per heavy atom. The van der Waals surface area contributed by atoms with Crippen molar-refractivity contribution in [3.8, 4) is 0 Å². The molecule has 1 amide bonds. The van der Waals surface area contributed by atoms with Gasteiger partial charge >= 0.3 is 0 Å². The Balaban J connectivity index is 0. The van der Waals surface area contributed by atoms with Crippen molar-refractivity contribution in [3.05, 3.63) is 12.2 Å². The summed E-state index contributed by atoms with van der Waals surface area (Å²) in [5.74, 6) is 1.22. The van der Waals surface area contributed by atoms with Crippen LogP contribution in [0.3, 0.4) is 0 Å². The van der Waals surface area contributed by atoms with Crippen LogP contribution < -0.4 is 11.1 Å². The predicted molar refractivity (Wildman–Crippen MR) is 84.3 cm³/mol. The number of nitrogens with zero attached hydrogens (tertiary/aromatic N) is 2. The zero-order valence-corrected chi connectivity index (χ0v) is 13.8. The molecule has 6 nitrogen and oxygen atoms in total. The Bertz CT molecular complexity index is 372. The number of halogens is 2. The molecule has 1 atom stereocenters. The lowest BCUT2D eigenvalue weighted by atomic mass is 9.90. The number of H-pyrrole nitrogens is 1. The minimum atomic E-state index is -0.327. The second-order valence-electron chi connectivity index (χ2n) is 5.34. The standard InChI is InChI=1S/C12H23N5O.2ClH/c1-9(2)6-12(3,7-13)16-11(18)5-4-10-14-8-15-17-10;;/h8-9H,4-7,13H2,1-3H3,(H,16,18)(H,14,15,17);2*1H. The molecular weight excluding hydrogens is 301 g/mol. The number of carbonyl (C=O) groups excluding carboxylic acids is 1. The van der Waals surface area contributed by atoms with Crippen LogP contribution in [-0.4, -0.2) is 33.2 Å². The van der Waals surface area contributed by atoms with Crippen LogP contribution in [0.2, 0.25) is 0 Å². The van der Waals surface area contributed by atoms with Crippen molar-refractivity contribution in [2.75, 3.05) is 6.54 Å². The summed E-state index contributed by atoms with van der Waals surface area (Å²) in [6.07, 6.45) is 3.27. The fourth-order valence-electron chi connectivity index (χ4n) is 2.07. The number of amides is 1. The SMILES string of the molecule is CC(C)CC(C)(CN)NC(=O)CCc1ncn[nH]1.Cl.Cl. The molecule has 8 heteroatoms. The van der Waals surface area contributed by atoms with E-state index in [9.17, 15) is 4.79 Å². The lowest BCUT2D eigenvalue weighted by molar-refractivity contribution is -0.122. The van der Waals surface area contributed by atoms with Gasteiger partial charge in [0.1, 0.15) is 12.2 Å². The van der Waals surface area contributed by atoms with Crippen LogP contribution in [0.4, 0.5) is 0 Å². The van der Waals surface area contributed by atoms with E-state index in [1.807, 2.05) is 6.92 Å². The maximum atomic E-state index is 11.9. The highest BCUT2D eigenvalue weighted by Gasteiger charge is 2.25. The highest BCUT2D eigenvalue weighted by molar-refractivity contribution is 5.85. The maximum Gasteiger partial charge on any atom is 0.220 e. The number of aromatic nitrogens is 3. The van der Waals surface area contributed by atoms with Crippen LogP contribution in [0.1, 0.15) is 39.4 Å². The fourth-order valence-corrected chi connectivity index (χ4v) is 2.07. The van der Waals surface area contributed by atoms with Gasteiger partial charge in [0, 0.05) is 24.9 Å². The molecule has 0 aromatic carbocycles. The first kappa shape index (κ1) is 21.4. The van der Waals surface area contributed by atoms with E-state index in [-0.39, 0.29) is 36.3 Å². The fraction of sp³-hybridized carbons (Fsp3) is 0.750. The van der Waals surface area contributed by atoms with Gasteiger partial charge in [-0.05, 0) is 19.3 Å². The van der Waals surface area contributed by atoms with Crippen molar-refractivity contribution >= 4 is 30.7 Å². The molecule has 118 valence electrons. The highest BCUT2D eigenvalue weighted by atomic mass is 35.5. The molecule has 0 fully saturated rings. The lowest BCUT2D eigenvalue weighted by Crippen LogP contribution is -2.52. The summed E-state index contributed by atoms with van der Waals surface area (Å²) >= 11 is 0. The van der Waals surface area contributed by atoms with Crippen molar-refractivity contribution < 1.29 is 4.79 Å². The predicted octanol–water partition coefficient (Wildman–Crippen LogP) is 1.46. The number of aromatic amines is 1. The van der Waals surface area contributed by atoms with E-state index in [0.717, 1.165) is 12.2 Å². The molecular formula is C12H25Cl2N5O. The first-order valence-corrected chi connectivity index (χ1v) is 6.30. The number of carbonyl (C=O) groups is 1. The topological polar surface area (TPSA) is 96.7 Å². The van der Waals surface area contributed by atoms with Gasteiger partial charge in [-0.15, -0.1) is 24.8 Å². The molecule has 0 radical (unpaired) electrons. The number of rotatable bonds is 7. The van der Waals surface area contributed by atoms with Crippen LogP contribution >= 0.6 is 24.8 Å². The molecule has 0 saturated heterocycles. The van der Waals surface area contributed by atoms with E-state index in [1.165, 1.54) is 6.33 Å². The zero-order valence-electron chi connectivity index (χ0n) is 12.2. The zero-order chi connectivity index (χ0) is 13.6. The molecule has 1 aromatic rings. The molecule has 0 spiro atoms. The van der Waals surface area contributed by atoms with Gasteiger partial charge in [-0.1, -0.05) is 13.8 Å². The number of hydrogen-bond acceptors (Lipinski definition) is 4. The second-order valence-corrected chi connectivity index (χ2v) is 5.34. The van der Waals surface area contributed by atoms with Crippen molar-refractivity contribution in [1.82, 2.24) is 20.5 Å². The molecule has 0 aliphatic carbocycles. The number of nitrogens with one attached hydrogen (secondary N) is 2. The third kappa shape index (κ3) is 7.67. The summed E-state index contributed by atoms with van der Waals surface area (Å²) in [6, 6.07) is 0. The summed E-state index contributed by atoms with van der Waals surface area (Å²) < 4.78 is 0. The first-order valence-electron chi connectivity index (χ1n) is 6.30. The third-order valence-corrected chi connectivity index (χ3v) is 2.80. The van der Waals surface area contributed by atoms with Gasteiger partial charge in [0.05, 0.1) is 0 Å². The van der Waals surface area contributed by atoms with Crippen molar-refractivity contribution in [2.45, 2.75) is 45.6 Å². The Kier molecular flexibility index (Phi) is 10.7. The molecule has 1 rings (SSSR count). The minimum absolute atomic E-state index is 0. The average molecular weight is 326 g/mol. The van der Waals surface area contributed by atoms with E-state index in [4.69, 9.17) is 5.73 Å². The monoisotopic (exact) mass is 325 g/mol. The molecule has 1 aromatic heterocycles. The molecule has 0 saturated carbocycles. The third-order valence-electron chi connectivity index (χ3n) is 2.80. The Labute approximate surface area is 132 Å². The smallest absolute Gasteiger partial charge is 0.220 e. The Hall–Kier alpha value is -0.850. The van der Waals surface area contributed by atoms with Crippen molar-refractivity contribution in [1.29, 1.82) is 0 Å². The number of aryl methyl sites for hydroxylation is 1. The van der Waals surface area contributed by atoms with Gasteiger partial charge < -0.3 is 11.1 Å². The summed E-state index contributed by atoms with van der Waals surface area (Å²) in [7, 11) is 0. The molecule has 0 aliphatic heterocycles. The van der Waals surface area contributed by atoms with Gasteiger partial charge in [0.2, 0.25) is 5.91 Å². The minimum Gasteiger partial charge on any atom is -0.350 e. The van der Waals surface area contributed by atoms with E-state index >= 15 is 0 Å². The molecule has 4 N–H and O–H groups in total. The van der Waals surface area contributed by atoms with Crippen LogP contribution in [0.15, 0.2) is 6.33 Å². The summed E-state index contributed by atoms with van der Waals surface area (Å²) in [4.78, 5) is 15.8. The van der Waals surface area contributed by atoms with E-state index in [1.54, 1.807) is 0 Å². The van der Waals surface area contributed by atoms with Gasteiger partial charge in [0.25, 0.3) is 0 Å². The van der Waals surface area contributed by atoms with Gasteiger partial charge in [-0.3, -0.25) is 9.89 Å². The van der Waals surface area contributed by atoms with Crippen molar-refractivity contribution in [3.63, 3.8) is 0 Å². The number of hydrogen-bond donors (Lipinski definition) is 3. The van der Waals surface area contributed by atoms with E-state index in [0.29, 0.717) is 25.3 Å². The Morgan fingerprint density at radius 3 is 2.60 bits per heavy atom. The van der Waals surface area contributed by atoms with Crippen LogP contribution in [0.25, 0.3) is 0 Å². The largest absolute Gasteiger partial charge is 0.350 e. The van der Waals surface area contributed by atoms with E-state index < -0.39 is 0 Å². The molecule has 20 heavy (non-hydrogen) atoms. The molecule has 1 unspecified atom stereocenters. The van der Waals surface area contributed by atoms with Crippen LogP contribution in [0, 0.1) is 5.92 Å². The van der Waals surface area contributed by atoms with Crippen LogP contribution in [0.5, 0.6) is 0 Å².